The van der Waals surface area contributed by atoms with Crippen LogP contribution in [-0.2, 0) is 12.8 Å². The Kier molecular flexibility index (Phi) is 1.04. The zero-order valence-corrected chi connectivity index (χ0v) is 5.28. The molecule has 0 spiro atoms. The van der Waals surface area contributed by atoms with Crippen molar-refractivity contribution >= 4 is 0 Å². The summed E-state index contributed by atoms with van der Waals surface area (Å²) in [5.41, 5.74) is 2.54. The van der Waals surface area contributed by atoms with Crippen LogP contribution in [0.1, 0.15) is 24.2 Å². The van der Waals surface area contributed by atoms with E-state index in [1.165, 1.54) is 30.7 Å². The molecule has 0 amide bonds. The molecule has 2 rings (SSSR count). The maximum Gasteiger partial charge on any atom is 0.174 e. The normalized spacial score (nSPS) is 17.3. The van der Waals surface area contributed by atoms with E-state index < -0.39 is 0 Å². The van der Waals surface area contributed by atoms with Gasteiger partial charge in [0.2, 0.25) is 0 Å². The van der Waals surface area contributed by atoms with Crippen molar-refractivity contribution in [3.63, 3.8) is 0 Å². The van der Waals surface area contributed by atoms with Gasteiger partial charge in [0.25, 0.3) is 0 Å². The number of nitrogens with one attached hydrogen (secondary N) is 1. The molecule has 2 nitrogen and oxygen atoms in total. The molecule has 0 aliphatic heterocycles. The van der Waals surface area contributed by atoms with Crippen molar-refractivity contribution in [2.24, 2.45) is 0 Å². The summed E-state index contributed by atoms with van der Waals surface area (Å²) in [5, 5.41) is 0. The summed E-state index contributed by atoms with van der Waals surface area (Å²) in [6.07, 6.45) is 7.69. The topological polar surface area (TPSA) is 28.7 Å². The first-order chi connectivity index (χ1) is 4.47. The van der Waals surface area contributed by atoms with Crippen LogP contribution in [-0.4, -0.2) is 9.97 Å². The Morgan fingerprint density at radius 3 is 3.11 bits per heavy atom. The number of aryl methyl sites for hydroxylation is 2. The Balaban J connectivity index is 2.39. The third-order valence-corrected chi connectivity index (χ3v) is 1.84. The molecule has 1 aliphatic carbocycles. The van der Waals surface area contributed by atoms with Crippen molar-refractivity contribution in [1.29, 1.82) is 0 Å². The highest BCUT2D eigenvalue weighted by Crippen LogP contribution is 2.15. The summed E-state index contributed by atoms with van der Waals surface area (Å²) in [6, 6.07) is 0. The largest absolute Gasteiger partial charge is 0.339 e. The lowest BCUT2D eigenvalue weighted by Gasteiger charge is -2.07. The Morgan fingerprint density at radius 2 is 2.22 bits per heavy atom. The molecule has 1 aromatic heterocycles. The van der Waals surface area contributed by atoms with Gasteiger partial charge in [-0.1, -0.05) is 0 Å². The van der Waals surface area contributed by atoms with Gasteiger partial charge in [-0.15, -0.1) is 0 Å². The van der Waals surface area contributed by atoms with E-state index in [2.05, 4.69) is 16.3 Å². The van der Waals surface area contributed by atoms with Crippen LogP contribution in [0.4, 0.5) is 0 Å². The zero-order valence-electron chi connectivity index (χ0n) is 5.28. The minimum Gasteiger partial charge on any atom is -0.339 e. The van der Waals surface area contributed by atoms with Crippen LogP contribution in [0.15, 0.2) is 0 Å². The van der Waals surface area contributed by atoms with E-state index in [-0.39, 0.29) is 0 Å². The molecule has 1 aromatic rings. The highest BCUT2D eigenvalue weighted by Gasteiger charge is 2.09. The van der Waals surface area contributed by atoms with E-state index in [4.69, 9.17) is 0 Å². The van der Waals surface area contributed by atoms with Gasteiger partial charge in [0, 0.05) is 5.69 Å². The molecule has 9 heavy (non-hydrogen) atoms. The lowest BCUT2D eigenvalue weighted by atomic mass is 10.0. The Bertz CT molecular complexity index is 182. The number of aromatic amines is 1. The van der Waals surface area contributed by atoms with Crippen molar-refractivity contribution in [3.05, 3.63) is 17.7 Å². The molecule has 0 atom stereocenters. The predicted octanol–water partition coefficient (Wildman–Crippen LogP) is 1.09. The van der Waals surface area contributed by atoms with Crippen molar-refractivity contribution in [2.75, 3.05) is 0 Å². The lowest BCUT2D eigenvalue weighted by Crippen LogP contribution is -2.00. The number of H-pyrrole nitrogens is 1. The van der Waals surface area contributed by atoms with Gasteiger partial charge < -0.3 is 4.98 Å². The van der Waals surface area contributed by atoms with Gasteiger partial charge in [0.05, 0.1) is 5.69 Å². The van der Waals surface area contributed by atoms with Crippen LogP contribution in [0.5, 0.6) is 0 Å². The third kappa shape index (κ3) is 0.745. The summed E-state index contributed by atoms with van der Waals surface area (Å²) in [5.74, 6) is 0. The molecule has 2 heteroatoms. The summed E-state index contributed by atoms with van der Waals surface area (Å²) in [6.45, 7) is 0. The molecule has 0 saturated heterocycles. The van der Waals surface area contributed by atoms with Gasteiger partial charge in [0.1, 0.15) is 0 Å². The van der Waals surface area contributed by atoms with Gasteiger partial charge in [-0.2, -0.15) is 0 Å². The van der Waals surface area contributed by atoms with E-state index in [1.54, 1.807) is 0 Å². The number of nitrogens with zero attached hydrogens (tertiary/aromatic N) is 1. The minimum absolute atomic E-state index is 1.15. The van der Waals surface area contributed by atoms with E-state index >= 15 is 0 Å². The maximum absolute atomic E-state index is 4.08. The molecule has 0 unspecified atom stereocenters. The molecular formula is C7H9N2. The number of hydrogen-bond acceptors (Lipinski definition) is 1. The highest BCUT2D eigenvalue weighted by atomic mass is 14.9. The van der Waals surface area contributed by atoms with Gasteiger partial charge in [0.15, 0.2) is 6.33 Å². The number of hydrogen-bond donors (Lipinski definition) is 1. The first-order valence-electron chi connectivity index (χ1n) is 3.40. The molecule has 1 radical (unpaired) electrons. The Morgan fingerprint density at radius 1 is 1.33 bits per heavy atom. The van der Waals surface area contributed by atoms with Crippen LogP contribution in [0.25, 0.3) is 0 Å². The van der Waals surface area contributed by atoms with Crippen LogP contribution >= 0.6 is 0 Å². The van der Waals surface area contributed by atoms with Gasteiger partial charge in [-0.25, -0.2) is 4.98 Å². The Labute approximate surface area is 54.3 Å². The highest BCUT2D eigenvalue weighted by molar-refractivity contribution is 5.13. The molecule has 47 valence electrons. The zero-order chi connectivity index (χ0) is 6.10. The fraction of sp³-hybridized carbons (Fsp3) is 0.571. The molecule has 1 aliphatic rings. The van der Waals surface area contributed by atoms with E-state index in [0.29, 0.717) is 0 Å². The monoisotopic (exact) mass is 121 g/mol. The second-order valence-electron chi connectivity index (χ2n) is 2.48. The van der Waals surface area contributed by atoms with Crippen LogP contribution in [0, 0.1) is 6.33 Å². The average molecular weight is 121 g/mol. The van der Waals surface area contributed by atoms with Crippen molar-refractivity contribution in [2.45, 2.75) is 25.7 Å². The second kappa shape index (κ2) is 1.87. The summed E-state index contributed by atoms with van der Waals surface area (Å²) in [4.78, 5) is 7.10. The molecule has 0 aromatic carbocycles. The number of rotatable bonds is 0. The SMILES string of the molecule is [c]1nc2c([nH]1)CCCC2. The fourth-order valence-electron chi connectivity index (χ4n) is 1.31. The first-order valence-corrected chi connectivity index (χ1v) is 3.40. The maximum atomic E-state index is 4.08. The van der Waals surface area contributed by atoms with Crippen molar-refractivity contribution < 1.29 is 0 Å². The third-order valence-electron chi connectivity index (χ3n) is 1.84. The van der Waals surface area contributed by atoms with Gasteiger partial charge in [-0.05, 0) is 25.7 Å². The molecule has 0 bridgehead atoms. The van der Waals surface area contributed by atoms with E-state index in [9.17, 15) is 0 Å². The summed E-state index contributed by atoms with van der Waals surface area (Å²) in [7, 11) is 0. The molecule has 1 N–H and O–H groups in total. The minimum atomic E-state index is 1.15. The number of aromatic nitrogens is 2. The molecular weight excluding hydrogens is 112 g/mol. The Hall–Kier alpha value is -0.790. The quantitative estimate of drug-likeness (QED) is 0.546. The smallest absolute Gasteiger partial charge is 0.174 e. The number of fused-ring (bicyclic) bond motifs is 1. The second-order valence-corrected chi connectivity index (χ2v) is 2.48. The average Bonchev–Trinajstić information content (AvgIpc) is 2.33. The van der Waals surface area contributed by atoms with Crippen molar-refractivity contribution in [1.82, 2.24) is 9.97 Å². The summed E-state index contributed by atoms with van der Waals surface area (Å²) < 4.78 is 0. The molecule has 0 saturated carbocycles. The van der Waals surface area contributed by atoms with Crippen LogP contribution in [0.2, 0.25) is 0 Å². The number of imidazole rings is 1. The standard InChI is InChI=1S/C7H9N2/c1-2-4-7-6(3-1)8-5-9-7/h1-4H2,(H,8,9). The molecule has 0 fully saturated rings. The van der Waals surface area contributed by atoms with Gasteiger partial charge in [-0.3, -0.25) is 0 Å². The van der Waals surface area contributed by atoms with Crippen LogP contribution < -0.4 is 0 Å². The van der Waals surface area contributed by atoms with Crippen molar-refractivity contribution in [3.8, 4) is 0 Å². The summed E-state index contributed by atoms with van der Waals surface area (Å²) >= 11 is 0. The van der Waals surface area contributed by atoms with Gasteiger partial charge >= 0.3 is 0 Å². The van der Waals surface area contributed by atoms with Crippen LogP contribution in [0.3, 0.4) is 0 Å². The van der Waals surface area contributed by atoms with E-state index in [0.717, 1.165) is 6.42 Å². The van der Waals surface area contributed by atoms with E-state index in [1.807, 2.05) is 0 Å². The fourth-order valence-corrected chi connectivity index (χ4v) is 1.31. The first kappa shape index (κ1) is 5.03. The molecule has 1 heterocycles. The predicted molar refractivity (Wildman–Crippen MR) is 34.1 cm³/mol. The lowest BCUT2D eigenvalue weighted by molar-refractivity contribution is 0.667.